The minimum Gasteiger partial charge on any atom is -0.346 e. The summed E-state index contributed by atoms with van der Waals surface area (Å²) in [6.07, 6.45) is 3.78. The molecule has 0 fully saturated rings. The van der Waals surface area contributed by atoms with Crippen LogP contribution in [-0.2, 0) is 6.54 Å². The Labute approximate surface area is 84.7 Å². The third kappa shape index (κ3) is 1.59. The van der Waals surface area contributed by atoms with Crippen molar-refractivity contribution in [3.8, 4) is 0 Å². The van der Waals surface area contributed by atoms with Crippen molar-refractivity contribution in [1.82, 2.24) is 15.3 Å². The normalized spacial score (nSPS) is 10.9. The van der Waals surface area contributed by atoms with Crippen molar-refractivity contribution in [3.63, 3.8) is 0 Å². The van der Waals surface area contributed by atoms with E-state index in [0.717, 1.165) is 16.7 Å². The van der Waals surface area contributed by atoms with Gasteiger partial charge in [-0.05, 0) is 34.6 Å². The lowest BCUT2D eigenvalue weighted by atomic mass is 10.2. The first-order valence-corrected chi connectivity index (χ1v) is 4.86. The summed E-state index contributed by atoms with van der Waals surface area (Å²) < 4.78 is 1.01. The van der Waals surface area contributed by atoms with E-state index in [0.29, 0.717) is 0 Å². The van der Waals surface area contributed by atoms with Gasteiger partial charge in [-0.2, -0.15) is 0 Å². The maximum Gasteiger partial charge on any atom is 0.137 e. The minimum absolute atomic E-state index is 0.859. The topological polar surface area (TPSA) is 40.7 Å². The number of H-pyrrole nitrogens is 1. The van der Waals surface area contributed by atoms with Crippen LogP contribution < -0.4 is 5.32 Å². The second-order valence-corrected chi connectivity index (χ2v) is 3.81. The second kappa shape index (κ2) is 3.47. The van der Waals surface area contributed by atoms with E-state index in [-0.39, 0.29) is 0 Å². The Kier molecular flexibility index (Phi) is 2.33. The highest BCUT2D eigenvalue weighted by Gasteiger charge is 2.03. The largest absolute Gasteiger partial charge is 0.346 e. The van der Waals surface area contributed by atoms with E-state index in [1.165, 1.54) is 10.9 Å². The quantitative estimate of drug-likeness (QED) is 0.843. The van der Waals surface area contributed by atoms with Crippen LogP contribution in [0.15, 0.2) is 22.9 Å². The number of halogens is 1. The summed E-state index contributed by atoms with van der Waals surface area (Å²) in [5, 5.41) is 4.29. The molecule has 0 atom stereocenters. The third-order valence-electron chi connectivity index (χ3n) is 1.95. The molecule has 0 spiro atoms. The first kappa shape index (κ1) is 8.72. The SMILES string of the molecule is CNCc1c[nH]c2ncc(Br)cc12. The molecule has 0 bridgehead atoms. The van der Waals surface area contributed by atoms with Gasteiger partial charge in [-0.1, -0.05) is 0 Å². The van der Waals surface area contributed by atoms with Crippen LogP contribution in [0.4, 0.5) is 0 Å². The summed E-state index contributed by atoms with van der Waals surface area (Å²) in [6.45, 7) is 0.859. The van der Waals surface area contributed by atoms with E-state index in [9.17, 15) is 0 Å². The molecule has 0 amide bonds. The molecular formula is C9H10BrN3. The Balaban J connectivity index is 2.58. The lowest BCUT2D eigenvalue weighted by Gasteiger charge is -1.96. The van der Waals surface area contributed by atoms with Crippen molar-refractivity contribution in [2.24, 2.45) is 0 Å². The molecule has 2 heterocycles. The molecule has 0 unspecified atom stereocenters. The van der Waals surface area contributed by atoms with E-state index in [2.05, 4.69) is 37.3 Å². The molecule has 0 saturated carbocycles. The van der Waals surface area contributed by atoms with Crippen molar-refractivity contribution in [2.45, 2.75) is 6.54 Å². The average molecular weight is 240 g/mol. The number of fused-ring (bicyclic) bond motifs is 1. The van der Waals surface area contributed by atoms with Gasteiger partial charge < -0.3 is 10.3 Å². The van der Waals surface area contributed by atoms with E-state index < -0.39 is 0 Å². The average Bonchev–Trinajstić information content (AvgIpc) is 2.49. The van der Waals surface area contributed by atoms with Crippen molar-refractivity contribution < 1.29 is 0 Å². The number of nitrogens with zero attached hydrogens (tertiary/aromatic N) is 1. The lowest BCUT2D eigenvalue weighted by molar-refractivity contribution is 0.823. The minimum atomic E-state index is 0.859. The zero-order chi connectivity index (χ0) is 9.26. The van der Waals surface area contributed by atoms with Crippen LogP contribution >= 0.6 is 15.9 Å². The molecule has 0 aliphatic carbocycles. The first-order valence-electron chi connectivity index (χ1n) is 4.07. The number of hydrogen-bond acceptors (Lipinski definition) is 2. The maximum atomic E-state index is 4.25. The highest BCUT2D eigenvalue weighted by atomic mass is 79.9. The molecule has 3 nitrogen and oxygen atoms in total. The number of pyridine rings is 1. The summed E-state index contributed by atoms with van der Waals surface area (Å²) in [5.41, 5.74) is 2.18. The Morgan fingerprint density at radius 3 is 3.23 bits per heavy atom. The number of nitrogens with one attached hydrogen (secondary N) is 2. The van der Waals surface area contributed by atoms with E-state index in [4.69, 9.17) is 0 Å². The number of hydrogen-bond donors (Lipinski definition) is 2. The van der Waals surface area contributed by atoms with Crippen LogP contribution in [0.1, 0.15) is 5.56 Å². The monoisotopic (exact) mass is 239 g/mol. The van der Waals surface area contributed by atoms with Gasteiger partial charge in [-0.25, -0.2) is 4.98 Å². The van der Waals surface area contributed by atoms with E-state index in [1.54, 1.807) is 6.20 Å². The van der Waals surface area contributed by atoms with Gasteiger partial charge in [0.1, 0.15) is 5.65 Å². The fraction of sp³-hybridized carbons (Fsp3) is 0.222. The Morgan fingerprint density at radius 2 is 2.46 bits per heavy atom. The molecular weight excluding hydrogens is 230 g/mol. The fourth-order valence-corrected chi connectivity index (χ4v) is 1.70. The molecule has 2 rings (SSSR count). The van der Waals surface area contributed by atoms with Crippen LogP contribution in [0.2, 0.25) is 0 Å². The predicted octanol–water partition coefficient (Wildman–Crippen LogP) is 2.04. The van der Waals surface area contributed by atoms with E-state index >= 15 is 0 Å². The van der Waals surface area contributed by atoms with Crippen molar-refractivity contribution >= 4 is 27.0 Å². The van der Waals surface area contributed by atoms with Crippen LogP contribution in [0, 0.1) is 0 Å². The smallest absolute Gasteiger partial charge is 0.137 e. The zero-order valence-electron chi connectivity index (χ0n) is 7.26. The third-order valence-corrected chi connectivity index (χ3v) is 2.38. The fourth-order valence-electron chi connectivity index (χ4n) is 1.37. The number of aromatic amines is 1. The molecule has 68 valence electrons. The van der Waals surface area contributed by atoms with Crippen molar-refractivity contribution in [2.75, 3.05) is 7.05 Å². The molecule has 2 N–H and O–H groups in total. The molecule has 2 aromatic heterocycles. The molecule has 0 aliphatic rings. The zero-order valence-corrected chi connectivity index (χ0v) is 8.85. The number of rotatable bonds is 2. The van der Waals surface area contributed by atoms with Crippen LogP contribution in [-0.4, -0.2) is 17.0 Å². The van der Waals surface area contributed by atoms with Crippen LogP contribution in [0.25, 0.3) is 11.0 Å². The Morgan fingerprint density at radius 1 is 1.62 bits per heavy atom. The lowest BCUT2D eigenvalue weighted by Crippen LogP contribution is -2.03. The van der Waals surface area contributed by atoms with E-state index in [1.807, 2.05) is 13.2 Å². The summed E-state index contributed by atoms with van der Waals surface area (Å²) in [5.74, 6) is 0. The summed E-state index contributed by atoms with van der Waals surface area (Å²) in [7, 11) is 1.93. The van der Waals surface area contributed by atoms with Crippen LogP contribution in [0.5, 0.6) is 0 Å². The van der Waals surface area contributed by atoms with Gasteiger partial charge in [-0.3, -0.25) is 0 Å². The maximum absolute atomic E-state index is 4.25. The highest BCUT2D eigenvalue weighted by molar-refractivity contribution is 9.10. The predicted molar refractivity (Wildman–Crippen MR) is 56.6 cm³/mol. The van der Waals surface area contributed by atoms with Gasteiger partial charge in [-0.15, -0.1) is 0 Å². The molecule has 0 radical (unpaired) electrons. The molecule has 4 heteroatoms. The van der Waals surface area contributed by atoms with Gasteiger partial charge in [0.25, 0.3) is 0 Å². The summed E-state index contributed by atoms with van der Waals surface area (Å²) in [6, 6.07) is 2.07. The molecule has 2 aromatic rings. The van der Waals surface area contributed by atoms with Gasteiger partial charge in [0.15, 0.2) is 0 Å². The summed E-state index contributed by atoms with van der Waals surface area (Å²) in [4.78, 5) is 7.38. The van der Waals surface area contributed by atoms with Crippen molar-refractivity contribution in [1.29, 1.82) is 0 Å². The highest BCUT2D eigenvalue weighted by Crippen LogP contribution is 2.20. The summed E-state index contributed by atoms with van der Waals surface area (Å²) >= 11 is 3.41. The molecule has 0 aliphatic heterocycles. The first-order chi connectivity index (χ1) is 6.31. The Bertz CT molecular complexity index is 422. The molecule has 0 saturated heterocycles. The Hall–Kier alpha value is -0.870. The standard InChI is InChI=1S/C9H10BrN3/c1-11-3-6-4-12-9-8(6)2-7(10)5-13-9/h2,4-5,11H,3H2,1H3,(H,12,13). The van der Waals surface area contributed by atoms with Gasteiger partial charge in [0, 0.05) is 28.8 Å². The van der Waals surface area contributed by atoms with Crippen molar-refractivity contribution in [3.05, 3.63) is 28.5 Å². The second-order valence-electron chi connectivity index (χ2n) is 2.89. The molecule has 13 heavy (non-hydrogen) atoms. The molecule has 0 aromatic carbocycles. The van der Waals surface area contributed by atoms with Gasteiger partial charge >= 0.3 is 0 Å². The van der Waals surface area contributed by atoms with Crippen LogP contribution in [0.3, 0.4) is 0 Å². The number of aromatic nitrogens is 2. The van der Waals surface area contributed by atoms with Gasteiger partial charge in [0.05, 0.1) is 0 Å². The van der Waals surface area contributed by atoms with Gasteiger partial charge in [0.2, 0.25) is 0 Å².